The molecule has 0 unspecified atom stereocenters. The lowest BCUT2D eigenvalue weighted by molar-refractivity contribution is 0.0526. The Morgan fingerprint density at radius 1 is 1.00 bits per heavy atom. The van der Waals surface area contributed by atoms with Gasteiger partial charge < -0.3 is 4.74 Å². The molecule has 2 heterocycles. The van der Waals surface area contributed by atoms with Crippen molar-refractivity contribution in [3.63, 3.8) is 0 Å². The van der Waals surface area contributed by atoms with Crippen LogP contribution in [-0.4, -0.2) is 27.2 Å². The number of fused-ring (bicyclic) bond motifs is 1. The van der Waals surface area contributed by atoms with Crippen molar-refractivity contribution >= 4 is 11.6 Å². The second kappa shape index (κ2) is 7.99. The van der Waals surface area contributed by atoms with E-state index < -0.39 is 5.97 Å². The maximum absolute atomic E-state index is 12.7. The Morgan fingerprint density at radius 3 is 2.26 bits per heavy atom. The first-order chi connectivity index (χ1) is 14.8. The molecule has 5 nitrogen and oxygen atoms in total. The molecule has 4 aromatic rings. The van der Waals surface area contributed by atoms with Gasteiger partial charge in [-0.3, -0.25) is 0 Å². The molecule has 4 rings (SSSR count). The van der Waals surface area contributed by atoms with Crippen LogP contribution in [0.1, 0.15) is 49.2 Å². The van der Waals surface area contributed by atoms with Crippen LogP contribution in [0.15, 0.2) is 60.8 Å². The van der Waals surface area contributed by atoms with Crippen molar-refractivity contribution < 1.29 is 9.53 Å². The van der Waals surface area contributed by atoms with Gasteiger partial charge in [-0.2, -0.15) is 5.10 Å². The molecule has 2 aromatic carbocycles. The number of esters is 1. The normalized spacial score (nSPS) is 11.6. The monoisotopic (exact) mass is 413 g/mol. The predicted molar refractivity (Wildman–Crippen MR) is 123 cm³/mol. The zero-order valence-electron chi connectivity index (χ0n) is 18.6. The maximum Gasteiger partial charge on any atom is 0.341 e. The van der Waals surface area contributed by atoms with Gasteiger partial charge in [0.05, 0.1) is 18.0 Å². The number of aromatic nitrogens is 3. The fourth-order valence-electron chi connectivity index (χ4n) is 3.56. The van der Waals surface area contributed by atoms with Crippen LogP contribution < -0.4 is 0 Å². The largest absolute Gasteiger partial charge is 0.462 e. The van der Waals surface area contributed by atoms with Crippen LogP contribution in [0, 0.1) is 6.92 Å². The summed E-state index contributed by atoms with van der Waals surface area (Å²) in [6, 6.07) is 18.4. The topological polar surface area (TPSA) is 56.5 Å². The molecule has 0 atom stereocenters. The first-order valence-corrected chi connectivity index (χ1v) is 10.5. The fraction of sp³-hybridized carbons (Fsp3) is 0.269. The minimum Gasteiger partial charge on any atom is -0.462 e. The number of rotatable bonds is 4. The van der Waals surface area contributed by atoms with Crippen LogP contribution in [0.3, 0.4) is 0 Å². The third-order valence-corrected chi connectivity index (χ3v) is 5.35. The molecular formula is C26H27N3O2. The van der Waals surface area contributed by atoms with Crippen LogP contribution in [0.4, 0.5) is 0 Å². The highest BCUT2D eigenvalue weighted by Crippen LogP contribution is 2.29. The number of hydrogen-bond acceptors (Lipinski definition) is 4. The second-order valence-corrected chi connectivity index (χ2v) is 8.73. The summed E-state index contributed by atoms with van der Waals surface area (Å²) in [5.74, 6) is -0.404. The van der Waals surface area contributed by atoms with E-state index in [1.54, 1.807) is 17.6 Å². The third-order valence-electron chi connectivity index (χ3n) is 5.35. The summed E-state index contributed by atoms with van der Waals surface area (Å²) in [7, 11) is 0. The van der Waals surface area contributed by atoms with Crippen molar-refractivity contribution in [1.29, 1.82) is 0 Å². The molecular weight excluding hydrogens is 386 g/mol. The van der Waals surface area contributed by atoms with E-state index in [0.29, 0.717) is 23.5 Å². The molecule has 0 saturated heterocycles. The number of ether oxygens (including phenoxy) is 1. The predicted octanol–water partition coefficient (Wildman–Crippen LogP) is 5.85. The SMILES string of the molecule is CCOC(=O)c1cnc2cc(-c3ccc(C(C)(C)C)cc3)nn2c1-c1ccc(C)cc1. The quantitative estimate of drug-likeness (QED) is 0.394. The van der Waals surface area contributed by atoms with Gasteiger partial charge in [0.1, 0.15) is 5.56 Å². The molecule has 0 aliphatic carbocycles. The Kier molecular flexibility index (Phi) is 5.36. The van der Waals surface area contributed by atoms with Crippen molar-refractivity contribution in [2.24, 2.45) is 0 Å². The van der Waals surface area contributed by atoms with E-state index in [1.807, 2.05) is 37.3 Å². The van der Waals surface area contributed by atoms with Crippen LogP contribution in [0.2, 0.25) is 0 Å². The first-order valence-electron chi connectivity index (χ1n) is 10.5. The van der Waals surface area contributed by atoms with Gasteiger partial charge in [-0.05, 0) is 24.8 Å². The molecule has 0 aliphatic heterocycles. The second-order valence-electron chi connectivity index (χ2n) is 8.73. The molecule has 158 valence electrons. The molecule has 2 aromatic heterocycles. The molecule has 0 saturated carbocycles. The fourth-order valence-corrected chi connectivity index (χ4v) is 3.56. The number of benzene rings is 2. The van der Waals surface area contributed by atoms with Crippen molar-refractivity contribution in [1.82, 2.24) is 14.6 Å². The van der Waals surface area contributed by atoms with Crippen LogP contribution in [-0.2, 0) is 10.2 Å². The van der Waals surface area contributed by atoms with E-state index >= 15 is 0 Å². The van der Waals surface area contributed by atoms with Crippen LogP contribution >= 0.6 is 0 Å². The summed E-state index contributed by atoms with van der Waals surface area (Å²) in [5, 5.41) is 4.82. The summed E-state index contributed by atoms with van der Waals surface area (Å²) in [4.78, 5) is 17.1. The van der Waals surface area contributed by atoms with Crippen LogP contribution in [0.25, 0.3) is 28.2 Å². The van der Waals surface area contributed by atoms with Gasteiger partial charge in [-0.1, -0.05) is 74.9 Å². The van der Waals surface area contributed by atoms with Gasteiger partial charge in [-0.15, -0.1) is 0 Å². The highest BCUT2D eigenvalue weighted by atomic mass is 16.5. The minimum absolute atomic E-state index is 0.0894. The minimum atomic E-state index is -0.404. The van der Waals surface area contributed by atoms with E-state index in [2.05, 4.69) is 50.0 Å². The molecule has 5 heteroatoms. The van der Waals surface area contributed by atoms with E-state index in [1.165, 1.54) is 5.56 Å². The Morgan fingerprint density at radius 2 is 1.65 bits per heavy atom. The summed E-state index contributed by atoms with van der Waals surface area (Å²) in [5.41, 5.74) is 6.96. The van der Waals surface area contributed by atoms with Gasteiger partial charge in [0, 0.05) is 23.4 Å². The highest BCUT2D eigenvalue weighted by molar-refractivity contribution is 5.96. The van der Waals surface area contributed by atoms with E-state index in [0.717, 1.165) is 22.4 Å². The molecule has 0 fully saturated rings. The summed E-state index contributed by atoms with van der Waals surface area (Å²) in [6.45, 7) is 10.7. The van der Waals surface area contributed by atoms with Crippen molar-refractivity contribution in [3.05, 3.63) is 77.5 Å². The molecule has 0 amide bonds. The van der Waals surface area contributed by atoms with Crippen LogP contribution in [0.5, 0.6) is 0 Å². The van der Waals surface area contributed by atoms with Gasteiger partial charge in [0.15, 0.2) is 5.65 Å². The lowest BCUT2D eigenvalue weighted by Gasteiger charge is -2.18. The third kappa shape index (κ3) is 4.08. The summed E-state index contributed by atoms with van der Waals surface area (Å²) in [6.07, 6.45) is 1.58. The smallest absolute Gasteiger partial charge is 0.341 e. The molecule has 0 radical (unpaired) electrons. The maximum atomic E-state index is 12.7. The van der Waals surface area contributed by atoms with Gasteiger partial charge in [-0.25, -0.2) is 14.3 Å². The summed E-state index contributed by atoms with van der Waals surface area (Å²) >= 11 is 0. The molecule has 0 N–H and O–H groups in total. The molecule has 0 spiro atoms. The molecule has 31 heavy (non-hydrogen) atoms. The number of nitrogens with zero attached hydrogens (tertiary/aromatic N) is 3. The number of aryl methyl sites for hydroxylation is 1. The standard InChI is InChI=1S/C26H27N3O2/c1-6-31-25(30)21-16-27-23-15-22(18-11-13-20(14-12-18)26(3,4)5)28-29(23)24(21)19-9-7-17(2)8-10-19/h7-16H,6H2,1-5H3. The number of hydrogen-bond donors (Lipinski definition) is 0. The Hall–Kier alpha value is -3.47. The molecule has 0 bridgehead atoms. The Bertz CT molecular complexity index is 1230. The number of carbonyl (C=O) groups excluding carboxylic acids is 1. The first kappa shape index (κ1) is 20.8. The van der Waals surface area contributed by atoms with Crippen molar-refractivity contribution in [2.45, 2.75) is 40.0 Å². The van der Waals surface area contributed by atoms with Gasteiger partial charge in [0.2, 0.25) is 0 Å². The van der Waals surface area contributed by atoms with Crippen molar-refractivity contribution in [2.75, 3.05) is 6.61 Å². The molecule has 0 aliphatic rings. The number of carbonyl (C=O) groups is 1. The Balaban J connectivity index is 1.88. The van der Waals surface area contributed by atoms with E-state index in [-0.39, 0.29) is 5.41 Å². The average Bonchev–Trinajstić information content (AvgIpc) is 3.18. The summed E-state index contributed by atoms with van der Waals surface area (Å²) < 4.78 is 7.02. The van der Waals surface area contributed by atoms with Crippen molar-refractivity contribution in [3.8, 4) is 22.5 Å². The van der Waals surface area contributed by atoms with Gasteiger partial charge in [0.25, 0.3) is 0 Å². The zero-order chi connectivity index (χ0) is 22.2. The lowest BCUT2D eigenvalue weighted by Crippen LogP contribution is -2.11. The van der Waals surface area contributed by atoms with E-state index in [4.69, 9.17) is 9.84 Å². The zero-order valence-corrected chi connectivity index (χ0v) is 18.6. The van der Waals surface area contributed by atoms with Gasteiger partial charge >= 0.3 is 5.97 Å². The lowest BCUT2D eigenvalue weighted by atomic mass is 9.86. The Labute approximate surface area is 182 Å². The highest BCUT2D eigenvalue weighted by Gasteiger charge is 2.20. The average molecular weight is 414 g/mol. The van der Waals surface area contributed by atoms with E-state index in [9.17, 15) is 4.79 Å².